The third kappa shape index (κ3) is 2.55. The van der Waals surface area contributed by atoms with Crippen molar-refractivity contribution >= 4 is 44.4 Å². The zero-order valence-corrected chi connectivity index (χ0v) is 15.6. The minimum absolute atomic E-state index is 0.0313. The van der Waals surface area contributed by atoms with Gasteiger partial charge in [0.25, 0.3) is 0 Å². The predicted octanol–water partition coefficient (Wildman–Crippen LogP) is 5.72. The van der Waals surface area contributed by atoms with E-state index in [1.807, 2.05) is 36.4 Å². The number of benzene rings is 1. The molecule has 1 aliphatic carbocycles. The first kappa shape index (κ1) is 15.7. The third-order valence-electron chi connectivity index (χ3n) is 4.74. The van der Waals surface area contributed by atoms with Crippen LogP contribution in [-0.4, -0.2) is 10.8 Å². The molecule has 0 aliphatic heterocycles. The number of carbonyl (C=O) groups excluding carboxylic acids is 1. The number of nitrogens with two attached hydrogens (primary N) is 1. The lowest BCUT2D eigenvalue weighted by molar-refractivity contribution is 0.104. The van der Waals surface area contributed by atoms with Crippen LogP contribution in [0.1, 0.15) is 39.7 Å². The van der Waals surface area contributed by atoms with Crippen LogP contribution in [0, 0.1) is 0 Å². The van der Waals surface area contributed by atoms with Crippen molar-refractivity contribution in [3.8, 4) is 10.4 Å². The van der Waals surface area contributed by atoms with Gasteiger partial charge in [0.15, 0.2) is 0 Å². The van der Waals surface area contributed by atoms with Gasteiger partial charge in [-0.05, 0) is 30.4 Å². The largest absolute Gasteiger partial charge is 0.397 e. The normalized spacial score (nSPS) is 14.0. The molecule has 0 bridgehead atoms. The van der Waals surface area contributed by atoms with Crippen LogP contribution in [0.25, 0.3) is 20.7 Å². The summed E-state index contributed by atoms with van der Waals surface area (Å²) in [7, 11) is 0. The fourth-order valence-corrected chi connectivity index (χ4v) is 5.08. The van der Waals surface area contributed by atoms with E-state index in [1.54, 1.807) is 11.3 Å². The summed E-state index contributed by atoms with van der Waals surface area (Å²) in [4.78, 5) is 20.5. The molecule has 3 heterocycles. The van der Waals surface area contributed by atoms with Gasteiger partial charge in [-0.15, -0.1) is 22.7 Å². The zero-order valence-electron chi connectivity index (χ0n) is 13.9. The van der Waals surface area contributed by atoms with Crippen LogP contribution in [0.15, 0.2) is 53.9 Å². The number of carbonyl (C=O) groups is 1. The third-order valence-corrected chi connectivity index (χ3v) is 6.74. The highest BCUT2D eigenvalue weighted by atomic mass is 32.1. The highest BCUT2D eigenvalue weighted by molar-refractivity contribution is 7.21. The van der Waals surface area contributed by atoms with Gasteiger partial charge in [-0.25, -0.2) is 4.98 Å². The average Bonchev–Trinajstić information content (AvgIpc) is 3.28. The monoisotopic (exact) mass is 376 g/mol. The lowest BCUT2D eigenvalue weighted by Crippen LogP contribution is -2.01. The highest BCUT2D eigenvalue weighted by Gasteiger charge is 2.28. The molecule has 2 N–H and O–H groups in total. The van der Waals surface area contributed by atoms with E-state index in [0.29, 0.717) is 22.0 Å². The second-order valence-electron chi connectivity index (χ2n) is 6.57. The maximum absolute atomic E-state index is 13.0. The number of aromatic nitrogens is 1. The summed E-state index contributed by atoms with van der Waals surface area (Å²) in [6.45, 7) is 0. The Labute approximate surface area is 159 Å². The minimum Gasteiger partial charge on any atom is -0.397 e. The average molecular weight is 377 g/mol. The molecule has 0 unspecified atom stereocenters. The summed E-state index contributed by atoms with van der Waals surface area (Å²) in [5.74, 6) is 0.519. The van der Waals surface area contributed by atoms with E-state index in [2.05, 4.69) is 17.5 Å². The first-order valence-electron chi connectivity index (χ1n) is 8.59. The van der Waals surface area contributed by atoms with Crippen molar-refractivity contribution in [2.75, 3.05) is 5.73 Å². The van der Waals surface area contributed by atoms with E-state index in [9.17, 15) is 4.79 Å². The molecule has 1 aromatic carbocycles. The predicted molar refractivity (Wildman–Crippen MR) is 109 cm³/mol. The molecule has 5 heteroatoms. The number of thiophene rings is 2. The molecule has 0 saturated heterocycles. The summed E-state index contributed by atoms with van der Waals surface area (Å²) in [6.07, 6.45) is 2.39. The van der Waals surface area contributed by atoms with Gasteiger partial charge in [0.1, 0.15) is 9.71 Å². The Hall–Kier alpha value is -2.50. The minimum atomic E-state index is -0.0313. The maximum atomic E-state index is 13.0. The van der Waals surface area contributed by atoms with E-state index >= 15 is 0 Å². The molecule has 1 aliphatic rings. The summed E-state index contributed by atoms with van der Waals surface area (Å²) in [6, 6.07) is 15.6. The molecule has 5 rings (SSSR count). The van der Waals surface area contributed by atoms with Crippen LogP contribution in [0.2, 0.25) is 0 Å². The second-order valence-corrected chi connectivity index (χ2v) is 8.51. The molecule has 3 aromatic heterocycles. The highest BCUT2D eigenvalue weighted by Crippen LogP contribution is 2.46. The van der Waals surface area contributed by atoms with Gasteiger partial charge in [-0.3, -0.25) is 4.79 Å². The molecule has 0 spiro atoms. The second kappa shape index (κ2) is 6.04. The van der Waals surface area contributed by atoms with Crippen LogP contribution < -0.4 is 5.73 Å². The van der Waals surface area contributed by atoms with E-state index in [1.165, 1.54) is 29.1 Å². The standard InChI is InChI=1S/C21H16N2OS2/c22-18-17-14(16-7-4-10-25-16)11-15(12-8-9-12)23-21(17)26-20(18)19(24)13-5-2-1-3-6-13/h1-7,10-12H,8-9,22H2. The van der Waals surface area contributed by atoms with Gasteiger partial charge in [-0.2, -0.15) is 0 Å². The Morgan fingerprint density at radius 1 is 1.12 bits per heavy atom. The maximum Gasteiger partial charge on any atom is 0.205 e. The van der Waals surface area contributed by atoms with Crippen molar-refractivity contribution in [3.63, 3.8) is 0 Å². The number of nitrogen functional groups attached to an aromatic ring is 1. The Morgan fingerprint density at radius 2 is 1.92 bits per heavy atom. The van der Waals surface area contributed by atoms with E-state index in [0.717, 1.165) is 21.5 Å². The van der Waals surface area contributed by atoms with E-state index < -0.39 is 0 Å². The van der Waals surface area contributed by atoms with E-state index in [-0.39, 0.29) is 5.78 Å². The topological polar surface area (TPSA) is 56.0 Å². The van der Waals surface area contributed by atoms with Crippen molar-refractivity contribution in [1.29, 1.82) is 0 Å². The Bertz CT molecular complexity index is 1110. The molecule has 0 radical (unpaired) electrons. The lowest BCUT2D eigenvalue weighted by atomic mass is 10.0. The van der Waals surface area contributed by atoms with Gasteiger partial charge in [0, 0.05) is 33.0 Å². The molecule has 3 nitrogen and oxygen atoms in total. The summed E-state index contributed by atoms with van der Waals surface area (Å²) < 4.78 is 0. The smallest absolute Gasteiger partial charge is 0.205 e. The lowest BCUT2D eigenvalue weighted by Gasteiger charge is -2.06. The van der Waals surface area contributed by atoms with Crippen LogP contribution in [0.3, 0.4) is 0 Å². The molecule has 1 fully saturated rings. The van der Waals surface area contributed by atoms with Gasteiger partial charge in [0.2, 0.25) is 5.78 Å². The number of fused-ring (bicyclic) bond motifs is 1. The molecule has 128 valence electrons. The summed E-state index contributed by atoms with van der Waals surface area (Å²) in [5, 5.41) is 2.98. The number of rotatable bonds is 4. The number of pyridine rings is 1. The quantitative estimate of drug-likeness (QED) is 0.464. The van der Waals surface area contributed by atoms with Crippen molar-refractivity contribution in [3.05, 3.63) is 70.0 Å². The van der Waals surface area contributed by atoms with Crippen LogP contribution >= 0.6 is 22.7 Å². The first-order valence-corrected chi connectivity index (χ1v) is 10.3. The van der Waals surface area contributed by atoms with Gasteiger partial charge in [0.05, 0.1) is 5.69 Å². The molecule has 26 heavy (non-hydrogen) atoms. The summed E-state index contributed by atoms with van der Waals surface area (Å²) >= 11 is 3.11. The Morgan fingerprint density at radius 3 is 2.62 bits per heavy atom. The van der Waals surface area contributed by atoms with E-state index in [4.69, 9.17) is 10.7 Å². The fraction of sp³-hybridized carbons (Fsp3) is 0.143. The summed E-state index contributed by atoms with van der Waals surface area (Å²) in [5.41, 5.74) is 9.92. The van der Waals surface area contributed by atoms with Crippen molar-refractivity contribution < 1.29 is 4.79 Å². The molecule has 0 amide bonds. The van der Waals surface area contributed by atoms with Gasteiger partial charge < -0.3 is 5.73 Å². The zero-order chi connectivity index (χ0) is 17.7. The number of ketones is 1. The van der Waals surface area contributed by atoms with Crippen molar-refractivity contribution in [2.24, 2.45) is 0 Å². The van der Waals surface area contributed by atoms with Crippen LogP contribution in [-0.2, 0) is 0 Å². The SMILES string of the molecule is Nc1c(C(=O)c2ccccc2)sc2nc(C3CC3)cc(-c3cccs3)c12. The number of anilines is 1. The Kier molecular flexibility index (Phi) is 3.65. The molecule has 4 aromatic rings. The molecular formula is C21H16N2OS2. The molecular weight excluding hydrogens is 360 g/mol. The van der Waals surface area contributed by atoms with Gasteiger partial charge in [-0.1, -0.05) is 36.4 Å². The number of nitrogens with zero attached hydrogens (tertiary/aromatic N) is 1. The molecule has 1 saturated carbocycles. The van der Waals surface area contributed by atoms with Crippen molar-refractivity contribution in [2.45, 2.75) is 18.8 Å². The van der Waals surface area contributed by atoms with Gasteiger partial charge >= 0.3 is 0 Å². The fourth-order valence-electron chi connectivity index (χ4n) is 3.24. The number of hydrogen-bond acceptors (Lipinski definition) is 5. The van der Waals surface area contributed by atoms with Crippen molar-refractivity contribution in [1.82, 2.24) is 4.98 Å². The van der Waals surface area contributed by atoms with Crippen LogP contribution in [0.4, 0.5) is 5.69 Å². The first-order chi connectivity index (χ1) is 12.7. The number of hydrogen-bond donors (Lipinski definition) is 1. The Balaban J connectivity index is 1.74. The molecule has 0 atom stereocenters. The van der Waals surface area contributed by atoms with Crippen LogP contribution in [0.5, 0.6) is 0 Å².